The summed E-state index contributed by atoms with van der Waals surface area (Å²) < 4.78 is 0. The predicted molar refractivity (Wildman–Crippen MR) is 78.7 cm³/mol. The van der Waals surface area contributed by atoms with E-state index in [1.807, 2.05) is 30.0 Å². The van der Waals surface area contributed by atoms with Crippen LogP contribution >= 0.6 is 0 Å². The van der Waals surface area contributed by atoms with Crippen molar-refractivity contribution in [2.45, 2.75) is 32.6 Å². The number of rotatable bonds is 3. The number of aryl methyl sites for hydroxylation is 1. The molecular weight excluding hydrogens is 254 g/mol. The van der Waals surface area contributed by atoms with Gasteiger partial charge in [0.15, 0.2) is 0 Å². The molecule has 1 fully saturated rings. The van der Waals surface area contributed by atoms with Crippen molar-refractivity contribution < 1.29 is 14.7 Å². The molecule has 0 spiro atoms. The van der Waals surface area contributed by atoms with Crippen molar-refractivity contribution >= 4 is 23.6 Å². The highest BCUT2D eigenvalue weighted by molar-refractivity contribution is 5.94. The maximum atomic E-state index is 12.1. The Hall–Kier alpha value is -2.10. The average Bonchev–Trinajstić information content (AvgIpc) is 2.61. The van der Waals surface area contributed by atoms with Crippen LogP contribution in [-0.4, -0.2) is 23.5 Å². The molecule has 1 amide bonds. The first-order valence-corrected chi connectivity index (χ1v) is 6.90. The Labute approximate surface area is 118 Å². The van der Waals surface area contributed by atoms with E-state index in [0.29, 0.717) is 6.42 Å². The zero-order valence-electron chi connectivity index (χ0n) is 11.6. The third-order valence-corrected chi connectivity index (χ3v) is 3.50. The van der Waals surface area contributed by atoms with E-state index < -0.39 is 5.97 Å². The minimum Gasteiger partial charge on any atom is -0.478 e. The first-order valence-electron chi connectivity index (χ1n) is 6.90. The molecule has 0 unspecified atom stereocenters. The second kappa shape index (κ2) is 6.37. The second-order valence-corrected chi connectivity index (χ2v) is 5.07. The SMILES string of the molecule is Cc1cc(C=CC(=O)O)ccc1N1CCCCCC1=O. The number of carbonyl (C=O) groups excluding carboxylic acids is 1. The monoisotopic (exact) mass is 273 g/mol. The molecule has 106 valence electrons. The Bertz CT molecular complexity index is 549. The summed E-state index contributed by atoms with van der Waals surface area (Å²) in [5.74, 6) is -0.783. The molecule has 0 aliphatic carbocycles. The van der Waals surface area contributed by atoms with Crippen LogP contribution in [0.2, 0.25) is 0 Å². The van der Waals surface area contributed by atoms with Gasteiger partial charge in [0.05, 0.1) is 0 Å². The third-order valence-electron chi connectivity index (χ3n) is 3.50. The first kappa shape index (κ1) is 14.3. The molecule has 1 saturated heterocycles. The molecule has 20 heavy (non-hydrogen) atoms. The zero-order valence-corrected chi connectivity index (χ0v) is 11.6. The van der Waals surface area contributed by atoms with Crippen molar-refractivity contribution in [1.82, 2.24) is 0 Å². The number of carboxylic acid groups (broad SMARTS) is 1. The maximum Gasteiger partial charge on any atom is 0.328 e. The molecule has 0 bridgehead atoms. The summed E-state index contributed by atoms with van der Waals surface area (Å²) in [5.41, 5.74) is 2.76. The van der Waals surface area contributed by atoms with Gasteiger partial charge in [-0.3, -0.25) is 4.79 Å². The Morgan fingerprint density at radius 2 is 2.10 bits per heavy atom. The lowest BCUT2D eigenvalue weighted by molar-refractivity contribution is -0.131. The van der Waals surface area contributed by atoms with Crippen LogP contribution in [0.15, 0.2) is 24.3 Å². The number of carboxylic acids is 1. The van der Waals surface area contributed by atoms with Crippen LogP contribution in [0.3, 0.4) is 0 Å². The summed E-state index contributed by atoms with van der Waals surface area (Å²) in [6, 6.07) is 5.66. The largest absolute Gasteiger partial charge is 0.478 e. The molecule has 0 atom stereocenters. The van der Waals surface area contributed by atoms with E-state index in [-0.39, 0.29) is 5.91 Å². The molecule has 1 aromatic rings. The van der Waals surface area contributed by atoms with Gasteiger partial charge >= 0.3 is 5.97 Å². The van der Waals surface area contributed by atoms with Crippen LogP contribution in [0.4, 0.5) is 5.69 Å². The third kappa shape index (κ3) is 3.47. The number of hydrogen-bond donors (Lipinski definition) is 1. The van der Waals surface area contributed by atoms with Crippen molar-refractivity contribution in [3.63, 3.8) is 0 Å². The van der Waals surface area contributed by atoms with Crippen LogP contribution in [0, 0.1) is 6.92 Å². The quantitative estimate of drug-likeness (QED) is 0.861. The normalized spacial score (nSPS) is 16.4. The van der Waals surface area contributed by atoms with Crippen LogP contribution in [0.5, 0.6) is 0 Å². The lowest BCUT2D eigenvalue weighted by atomic mass is 10.1. The van der Waals surface area contributed by atoms with Gasteiger partial charge in [-0.05, 0) is 49.1 Å². The second-order valence-electron chi connectivity index (χ2n) is 5.07. The summed E-state index contributed by atoms with van der Waals surface area (Å²) in [7, 11) is 0. The smallest absolute Gasteiger partial charge is 0.328 e. The standard InChI is InChI=1S/C16H19NO3/c1-12-11-13(7-9-16(19)20)6-8-14(12)17-10-4-2-3-5-15(17)18/h6-9,11H,2-5,10H2,1H3,(H,19,20). The number of benzene rings is 1. The van der Waals surface area contributed by atoms with E-state index >= 15 is 0 Å². The highest BCUT2D eigenvalue weighted by Crippen LogP contribution is 2.25. The molecule has 1 aliphatic rings. The summed E-state index contributed by atoms with van der Waals surface area (Å²) in [6.45, 7) is 2.72. The molecule has 1 aromatic carbocycles. The van der Waals surface area contributed by atoms with Gasteiger partial charge in [-0.1, -0.05) is 12.5 Å². The van der Waals surface area contributed by atoms with Gasteiger partial charge in [-0.25, -0.2) is 4.79 Å². The Kier molecular flexibility index (Phi) is 4.56. The number of amides is 1. The fourth-order valence-corrected chi connectivity index (χ4v) is 2.49. The van der Waals surface area contributed by atoms with Gasteiger partial charge in [0.25, 0.3) is 0 Å². The van der Waals surface area contributed by atoms with E-state index in [1.165, 1.54) is 0 Å². The molecule has 0 radical (unpaired) electrons. The van der Waals surface area contributed by atoms with Crippen molar-refractivity contribution in [1.29, 1.82) is 0 Å². The average molecular weight is 273 g/mol. The molecule has 2 rings (SSSR count). The Morgan fingerprint density at radius 1 is 1.30 bits per heavy atom. The molecule has 1 N–H and O–H groups in total. The molecule has 1 heterocycles. The van der Waals surface area contributed by atoms with Gasteiger partial charge < -0.3 is 10.0 Å². The number of hydrogen-bond acceptors (Lipinski definition) is 2. The number of carbonyl (C=O) groups is 2. The summed E-state index contributed by atoms with van der Waals surface area (Å²) in [5, 5.41) is 8.63. The fourth-order valence-electron chi connectivity index (χ4n) is 2.49. The van der Waals surface area contributed by atoms with E-state index in [0.717, 1.165) is 48.7 Å². The van der Waals surface area contributed by atoms with E-state index in [1.54, 1.807) is 6.08 Å². The minimum absolute atomic E-state index is 0.180. The number of anilines is 1. The topological polar surface area (TPSA) is 57.6 Å². The lowest BCUT2D eigenvalue weighted by Crippen LogP contribution is -2.30. The molecule has 4 nitrogen and oxygen atoms in total. The van der Waals surface area contributed by atoms with Gasteiger partial charge in [-0.2, -0.15) is 0 Å². The molecule has 0 saturated carbocycles. The maximum absolute atomic E-state index is 12.1. The molecule has 4 heteroatoms. The summed E-state index contributed by atoms with van der Waals surface area (Å²) in [4.78, 5) is 24.5. The lowest BCUT2D eigenvalue weighted by Gasteiger charge is -2.23. The van der Waals surface area contributed by atoms with Crippen LogP contribution in [0.1, 0.15) is 36.8 Å². The highest BCUT2D eigenvalue weighted by atomic mass is 16.4. The zero-order chi connectivity index (χ0) is 14.5. The molecular formula is C16H19NO3. The van der Waals surface area contributed by atoms with Crippen molar-refractivity contribution in [2.75, 3.05) is 11.4 Å². The van der Waals surface area contributed by atoms with Gasteiger partial charge in [-0.15, -0.1) is 0 Å². The number of aliphatic carboxylic acids is 1. The minimum atomic E-state index is -0.963. The first-order chi connectivity index (χ1) is 9.58. The van der Waals surface area contributed by atoms with Crippen LogP contribution < -0.4 is 4.90 Å². The molecule has 1 aliphatic heterocycles. The Morgan fingerprint density at radius 3 is 2.80 bits per heavy atom. The van der Waals surface area contributed by atoms with Crippen molar-refractivity contribution in [3.8, 4) is 0 Å². The van der Waals surface area contributed by atoms with Gasteiger partial charge in [0.2, 0.25) is 5.91 Å². The van der Waals surface area contributed by atoms with Crippen molar-refractivity contribution in [2.24, 2.45) is 0 Å². The fraction of sp³-hybridized carbons (Fsp3) is 0.375. The van der Waals surface area contributed by atoms with Gasteiger partial charge in [0.1, 0.15) is 0 Å². The van der Waals surface area contributed by atoms with Crippen molar-refractivity contribution in [3.05, 3.63) is 35.4 Å². The summed E-state index contributed by atoms with van der Waals surface area (Å²) in [6.07, 6.45) is 6.38. The summed E-state index contributed by atoms with van der Waals surface area (Å²) >= 11 is 0. The predicted octanol–water partition coefficient (Wildman–Crippen LogP) is 3.00. The van der Waals surface area contributed by atoms with E-state index in [9.17, 15) is 9.59 Å². The van der Waals surface area contributed by atoms with Crippen LogP contribution in [-0.2, 0) is 9.59 Å². The van der Waals surface area contributed by atoms with Crippen LogP contribution in [0.25, 0.3) is 6.08 Å². The number of nitrogens with zero attached hydrogens (tertiary/aromatic N) is 1. The van der Waals surface area contributed by atoms with Gasteiger partial charge in [0, 0.05) is 24.7 Å². The molecule has 0 aromatic heterocycles. The highest BCUT2D eigenvalue weighted by Gasteiger charge is 2.19. The van der Waals surface area contributed by atoms with E-state index in [4.69, 9.17) is 5.11 Å². The Balaban J connectivity index is 2.24. The van der Waals surface area contributed by atoms with E-state index in [2.05, 4.69) is 0 Å².